The van der Waals surface area contributed by atoms with Crippen LogP contribution in [0, 0.1) is 6.92 Å². The molecule has 0 bridgehead atoms. The lowest BCUT2D eigenvalue weighted by Gasteiger charge is -2.10. The third kappa shape index (κ3) is 2.92. The van der Waals surface area contributed by atoms with Gasteiger partial charge in [0.1, 0.15) is 22.9 Å². The lowest BCUT2D eigenvalue weighted by molar-refractivity contribution is 0.477. The lowest BCUT2D eigenvalue weighted by atomic mass is 10.1. The monoisotopic (exact) mass is 330 g/mol. The third-order valence-corrected chi connectivity index (χ3v) is 4.12. The van der Waals surface area contributed by atoms with Crippen LogP contribution in [0.15, 0.2) is 67.1 Å². The zero-order valence-corrected chi connectivity index (χ0v) is 13.8. The third-order valence-electron chi connectivity index (χ3n) is 4.12. The number of aromatic hydroxyl groups is 1. The van der Waals surface area contributed by atoms with Gasteiger partial charge in [-0.05, 0) is 48.4 Å². The van der Waals surface area contributed by atoms with Gasteiger partial charge >= 0.3 is 0 Å². The highest BCUT2D eigenvalue weighted by Crippen LogP contribution is 2.34. The maximum atomic E-state index is 10.3. The van der Waals surface area contributed by atoms with Crippen LogP contribution in [0.2, 0.25) is 0 Å². The predicted octanol–water partition coefficient (Wildman–Crippen LogP) is 4.02. The number of fused-ring (bicyclic) bond motifs is 1. The molecule has 0 unspecified atom stereocenters. The Labute approximate surface area is 145 Å². The number of imidazole rings is 1. The van der Waals surface area contributed by atoms with Crippen molar-refractivity contribution in [1.82, 2.24) is 14.4 Å². The fourth-order valence-electron chi connectivity index (χ4n) is 2.87. The Kier molecular flexibility index (Phi) is 3.82. The van der Waals surface area contributed by atoms with Crippen molar-refractivity contribution in [1.29, 1.82) is 0 Å². The molecule has 5 nitrogen and oxygen atoms in total. The molecular weight excluding hydrogens is 312 g/mol. The number of nitrogens with zero attached hydrogens (tertiary/aromatic N) is 3. The molecule has 0 spiro atoms. The number of aryl methyl sites for hydroxylation is 1. The maximum Gasteiger partial charge on any atom is 0.139 e. The molecule has 0 fully saturated rings. The average molecular weight is 330 g/mol. The van der Waals surface area contributed by atoms with E-state index in [-0.39, 0.29) is 5.75 Å². The average Bonchev–Trinajstić information content (AvgIpc) is 2.98. The number of benzene rings is 1. The Hall–Kier alpha value is -3.34. The van der Waals surface area contributed by atoms with E-state index in [1.807, 2.05) is 66.2 Å². The number of aromatic nitrogens is 3. The Morgan fingerprint density at radius 1 is 1.12 bits per heavy atom. The first-order valence-corrected chi connectivity index (χ1v) is 8.12. The van der Waals surface area contributed by atoms with Gasteiger partial charge in [0.15, 0.2) is 0 Å². The van der Waals surface area contributed by atoms with E-state index in [2.05, 4.69) is 10.3 Å². The smallest absolute Gasteiger partial charge is 0.139 e. The van der Waals surface area contributed by atoms with Gasteiger partial charge < -0.3 is 10.4 Å². The fraction of sp³-hybridized carbons (Fsp3) is 0.100. The highest BCUT2D eigenvalue weighted by Gasteiger charge is 2.16. The number of hydrogen-bond acceptors (Lipinski definition) is 4. The van der Waals surface area contributed by atoms with E-state index in [0.29, 0.717) is 12.1 Å². The van der Waals surface area contributed by atoms with Crippen molar-refractivity contribution in [2.75, 3.05) is 5.32 Å². The minimum atomic E-state index is 0.215. The van der Waals surface area contributed by atoms with Crippen LogP contribution in [0.25, 0.3) is 16.9 Å². The minimum Gasteiger partial charge on any atom is -0.507 e. The Bertz CT molecular complexity index is 1020. The van der Waals surface area contributed by atoms with Crippen LogP contribution in [0.5, 0.6) is 5.75 Å². The first kappa shape index (κ1) is 15.2. The highest BCUT2D eigenvalue weighted by atomic mass is 16.3. The summed E-state index contributed by atoms with van der Waals surface area (Å²) in [4.78, 5) is 8.89. The van der Waals surface area contributed by atoms with Crippen molar-refractivity contribution in [3.05, 3.63) is 78.2 Å². The van der Waals surface area contributed by atoms with Gasteiger partial charge in [-0.2, -0.15) is 0 Å². The topological polar surface area (TPSA) is 62.5 Å². The minimum absolute atomic E-state index is 0.215. The van der Waals surface area contributed by atoms with E-state index in [4.69, 9.17) is 4.98 Å². The number of para-hydroxylation sites is 1. The summed E-state index contributed by atoms with van der Waals surface area (Å²) in [5.41, 5.74) is 4.49. The standard InChI is InChI=1S/C20H18N4O/c1-14-8-10-24-18(11-14)23-19(16-6-2-3-7-17(16)25)20(24)22-13-15-5-4-9-21-12-15/h2-12,22,25H,13H2,1H3. The van der Waals surface area contributed by atoms with Crippen LogP contribution in [0.4, 0.5) is 5.82 Å². The molecule has 0 radical (unpaired) electrons. The summed E-state index contributed by atoms with van der Waals surface area (Å²) in [5, 5.41) is 13.7. The van der Waals surface area contributed by atoms with Crippen LogP contribution >= 0.6 is 0 Å². The second-order valence-electron chi connectivity index (χ2n) is 5.97. The molecule has 25 heavy (non-hydrogen) atoms. The van der Waals surface area contributed by atoms with E-state index in [0.717, 1.165) is 28.3 Å². The van der Waals surface area contributed by atoms with Crippen molar-refractivity contribution in [3.8, 4) is 17.0 Å². The van der Waals surface area contributed by atoms with E-state index < -0.39 is 0 Å². The number of phenols is 1. The second-order valence-corrected chi connectivity index (χ2v) is 5.97. The molecule has 3 aromatic heterocycles. The zero-order chi connectivity index (χ0) is 17.2. The molecule has 4 aromatic rings. The summed E-state index contributed by atoms with van der Waals surface area (Å²) < 4.78 is 2.01. The Morgan fingerprint density at radius 2 is 2.00 bits per heavy atom. The number of hydrogen-bond donors (Lipinski definition) is 2. The van der Waals surface area contributed by atoms with Crippen LogP contribution in [-0.2, 0) is 6.54 Å². The molecule has 0 aliphatic rings. The molecule has 4 rings (SSSR count). The summed E-state index contributed by atoms with van der Waals surface area (Å²) in [7, 11) is 0. The molecule has 0 saturated heterocycles. The van der Waals surface area contributed by atoms with Crippen molar-refractivity contribution < 1.29 is 5.11 Å². The first-order chi connectivity index (χ1) is 12.2. The highest BCUT2D eigenvalue weighted by molar-refractivity contribution is 5.80. The number of phenolic OH excluding ortho intramolecular Hbond substituents is 1. The van der Waals surface area contributed by atoms with Gasteiger partial charge in [0, 0.05) is 30.7 Å². The van der Waals surface area contributed by atoms with Gasteiger partial charge in [0.05, 0.1) is 0 Å². The lowest BCUT2D eigenvalue weighted by Crippen LogP contribution is -2.03. The van der Waals surface area contributed by atoms with Gasteiger partial charge in [-0.3, -0.25) is 9.38 Å². The van der Waals surface area contributed by atoms with Gasteiger partial charge in [-0.1, -0.05) is 18.2 Å². The molecule has 5 heteroatoms. The van der Waals surface area contributed by atoms with Crippen molar-refractivity contribution in [2.45, 2.75) is 13.5 Å². The SMILES string of the molecule is Cc1ccn2c(NCc3cccnc3)c(-c3ccccc3O)nc2c1. The van der Waals surface area contributed by atoms with Crippen molar-refractivity contribution in [2.24, 2.45) is 0 Å². The predicted molar refractivity (Wildman–Crippen MR) is 98.6 cm³/mol. The summed E-state index contributed by atoms with van der Waals surface area (Å²) in [6.07, 6.45) is 5.58. The summed E-state index contributed by atoms with van der Waals surface area (Å²) in [6.45, 7) is 2.66. The maximum absolute atomic E-state index is 10.3. The number of rotatable bonds is 4. The van der Waals surface area contributed by atoms with Crippen LogP contribution in [-0.4, -0.2) is 19.5 Å². The number of pyridine rings is 2. The zero-order valence-electron chi connectivity index (χ0n) is 13.8. The largest absolute Gasteiger partial charge is 0.507 e. The Balaban J connectivity index is 1.82. The molecule has 0 saturated carbocycles. The van der Waals surface area contributed by atoms with Gasteiger partial charge in [-0.25, -0.2) is 4.98 Å². The van der Waals surface area contributed by atoms with E-state index in [1.54, 1.807) is 12.3 Å². The molecule has 3 heterocycles. The summed E-state index contributed by atoms with van der Waals surface area (Å²) in [6, 6.07) is 15.3. The normalized spacial score (nSPS) is 10.9. The first-order valence-electron chi connectivity index (χ1n) is 8.12. The van der Waals surface area contributed by atoms with Crippen LogP contribution in [0.1, 0.15) is 11.1 Å². The van der Waals surface area contributed by atoms with E-state index in [9.17, 15) is 5.11 Å². The van der Waals surface area contributed by atoms with Crippen LogP contribution < -0.4 is 5.32 Å². The second kappa shape index (κ2) is 6.28. The fourth-order valence-corrected chi connectivity index (χ4v) is 2.87. The van der Waals surface area contributed by atoms with Crippen LogP contribution in [0.3, 0.4) is 0 Å². The number of anilines is 1. The van der Waals surface area contributed by atoms with E-state index in [1.165, 1.54) is 0 Å². The molecule has 0 aliphatic heterocycles. The van der Waals surface area contributed by atoms with Crippen molar-refractivity contribution in [3.63, 3.8) is 0 Å². The molecule has 2 N–H and O–H groups in total. The van der Waals surface area contributed by atoms with E-state index >= 15 is 0 Å². The van der Waals surface area contributed by atoms with Gasteiger partial charge in [-0.15, -0.1) is 0 Å². The molecule has 124 valence electrons. The molecule has 0 atom stereocenters. The number of nitrogens with one attached hydrogen (secondary N) is 1. The van der Waals surface area contributed by atoms with Crippen molar-refractivity contribution >= 4 is 11.5 Å². The van der Waals surface area contributed by atoms with Gasteiger partial charge in [0.25, 0.3) is 0 Å². The molecule has 0 aliphatic carbocycles. The quantitative estimate of drug-likeness (QED) is 0.593. The molecular formula is C20H18N4O. The summed E-state index contributed by atoms with van der Waals surface area (Å²) >= 11 is 0. The molecule has 0 amide bonds. The van der Waals surface area contributed by atoms with Gasteiger partial charge in [0.2, 0.25) is 0 Å². The molecule has 1 aromatic carbocycles. The summed E-state index contributed by atoms with van der Waals surface area (Å²) in [5.74, 6) is 1.06. The Morgan fingerprint density at radius 3 is 2.80 bits per heavy atom.